The summed E-state index contributed by atoms with van der Waals surface area (Å²) in [7, 11) is 1.48. The van der Waals surface area contributed by atoms with Crippen LogP contribution in [0.3, 0.4) is 0 Å². The number of aliphatic carboxylic acids is 1. The van der Waals surface area contributed by atoms with Crippen molar-refractivity contribution in [1.29, 1.82) is 0 Å². The lowest BCUT2D eigenvalue weighted by molar-refractivity contribution is -0.198. The number of carboxylic acid groups (broad SMARTS) is 1. The SMILES string of the molecule is COc1cc(-c2ccc(C(Oc3cc(N4CCC5(CC4)CNC(C(=O)O)C5)nc(N)n3)C(F)(F)F)c(-n3ccc(C)n3)c2)ccn1. The summed E-state index contributed by atoms with van der Waals surface area (Å²) in [5.74, 6) is -0.734. The summed E-state index contributed by atoms with van der Waals surface area (Å²) in [5.41, 5.74) is 7.73. The number of alkyl halides is 3. The maximum absolute atomic E-state index is 14.8. The molecular weight excluding hydrogens is 605 g/mol. The van der Waals surface area contributed by atoms with E-state index in [9.17, 15) is 23.1 Å². The number of nitrogen functional groups attached to an aromatic ring is 1. The minimum absolute atomic E-state index is 0.159. The standard InChI is InChI=1S/C31H33F3N8O4/c1-18-6-10-42(40-18)23-13-19(20-5-9-36-25(14-20)45-2)3-4-21(23)27(31(32,33)34)46-26-15-24(38-29(35)39-26)41-11-7-30(8-12-41)16-22(28(43)44)37-17-30/h3-6,9-10,13-15,22,27,37H,7-8,11-12,16-17H2,1-2H3,(H,43,44)(H2,35,38,39). The van der Waals surface area contributed by atoms with E-state index in [4.69, 9.17) is 15.2 Å². The van der Waals surface area contributed by atoms with E-state index >= 15 is 0 Å². The minimum Gasteiger partial charge on any atom is -0.481 e. The van der Waals surface area contributed by atoms with Crippen molar-refractivity contribution >= 4 is 17.7 Å². The van der Waals surface area contributed by atoms with Gasteiger partial charge >= 0.3 is 12.1 Å². The molecule has 5 heterocycles. The fourth-order valence-electron chi connectivity index (χ4n) is 6.16. The normalized spacial score (nSPS) is 18.5. The molecule has 46 heavy (non-hydrogen) atoms. The van der Waals surface area contributed by atoms with Crippen molar-refractivity contribution in [2.24, 2.45) is 5.41 Å². The van der Waals surface area contributed by atoms with E-state index in [1.54, 1.807) is 49.6 Å². The Hall–Kier alpha value is -4.92. The molecule has 2 fully saturated rings. The summed E-state index contributed by atoms with van der Waals surface area (Å²) in [4.78, 5) is 25.7. The molecule has 2 unspecified atom stereocenters. The Morgan fingerprint density at radius 2 is 1.87 bits per heavy atom. The fourth-order valence-corrected chi connectivity index (χ4v) is 6.16. The molecule has 0 bridgehead atoms. The molecule has 0 saturated carbocycles. The van der Waals surface area contributed by atoms with Crippen molar-refractivity contribution in [3.63, 3.8) is 0 Å². The van der Waals surface area contributed by atoms with Crippen molar-refractivity contribution in [3.05, 3.63) is 66.1 Å². The van der Waals surface area contributed by atoms with Crippen LogP contribution in [0.1, 0.15) is 36.6 Å². The largest absolute Gasteiger partial charge is 0.481 e. The lowest BCUT2D eigenvalue weighted by Gasteiger charge is -2.39. The van der Waals surface area contributed by atoms with Crippen LogP contribution in [0.2, 0.25) is 0 Å². The van der Waals surface area contributed by atoms with Gasteiger partial charge in [0.1, 0.15) is 11.9 Å². The highest BCUT2D eigenvalue weighted by molar-refractivity contribution is 5.74. The summed E-state index contributed by atoms with van der Waals surface area (Å²) in [6.45, 7) is 3.39. The van der Waals surface area contributed by atoms with Gasteiger partial charge in [0.05, 0.1) is 18.5 Å². The zero-order chi connectivity index (χ0) is 32.6. The number of nitrogens with two attached hydrogens (primary N) is 1. The van der Waals surface area contributed by atoms with Crippen molar-refractivity contribution in [2.75, 3.05) is 37.4 Å². The van der Waals surface area contributed by atoms with E-state index in [0.717, 1.165) is 0 Å². The van der Waals surface area contributed by atoms with Crippen LogP contribution >= 0.6 is 0 Å². The summed E-state index contributed by atoms with van der Waals surface area (Å²) >= 11 is 0. The van der Waals surface area contributed by atoms with Crippen molar-refractivity contribution in [3.8, 4) is 28.6 Å². The first-order chi connectivity index (χ1) is 21.9. The monoisotopic (exact) mass is 638 g/mol. The molecule has 12 nitrogen and oxygen atoms in total. The van der Waals surface area contributed by atoms with Gasteiger partial charge in [0.15, 0.2) is 0 Å². The number of carboxylic acids is 1. The van der Waals surface area contributed by atoms with Gasteiger partial charge in [-0.25, -0.2) is 9.67 Å². The summed E-state index contributed by atoms with van der Waals surface area (Å²) in [5, 5.41) is 16.8. The molecule has 2 atom stereocenters. The molecule has 3 aromatic heterocycles. The molecule has 15 heteroatoms. The molecule has 4 aromatic rings. The van der Waals surface area contributed by atoms with E-state index in [2.05, 4.69) is 25.4 Å². The topological polar surface area (TPSA) is 154 Å². The van der Waals surface area contributed by atoms with Crippen LogP contribution in [0.4, 0.5) is 24.9 Å². The molecule has 0 radical (unpaired) electrons. The van der Waals surface area contributed by atoms with Crippen LogP contribution < -0.4 is 25.4 Å². The summed E-state index contributed by atoms with van der Waals surface area (Å²) < 4.78 is 56.7. The Morgan fingerprint density at radius 3 is 2.52 bits per heavy atom. The van der Waals surface area contributed by atoms with Crippen LogP contribution in [0.25, 0.3) is 16.8 Å². The first-order valence-corrected chi connectivity index (χ1v) is 14.7. The smallest absolute Gasteiger partial charge is 0.429 e. The first-order valence-electron chi connectivity index (χ1n) is 14.7. The highest BCUT2D eigenvalue weighted by Gasteiger charge is 2.46. The Labute approximate surface area is 262 Å². The highest BCUT2D eigenvalue weighted by atomic mass is 19.4. The average molecular weight is 639 g/mol. The molecule has 242 valence electrons. The molecule has 6 rings (SSSR count). The number of benzene rings is 1. The Balaban J connectivity index is 1.31. The highest BCUT2D eigenvalue weighted by Crippen LogP contribution is 2.43. The molecule has 0 aliphatic carbocycles. The number of ether oxygens (including phenoxy) is 2. The van der Waals surface area contributed by atoms with Crippen LogP contribution in [0, 0.1) is 12.3 Å². The average Bonchev–Trinajstić information content (AvgIpc) is 3.66. The fraction of sp³-hybridized carbons (Fsp3) is 0.387. The van der Waals surface area contributed by atoms with Gasteiger partial charge in [-0.3, -0.25) is 4.79 Å². The van der Waals surface area contributed by atoms with Crippen molar-refractivity contribution in [1.82, 2.24) is 30.0 Å². The predicted octanol–water partition coefficient (Wildman–Crippen LogP) is 4.34. The second-order valence-electron chi connectivity index (χ2n) is 11.7. The Morgan fingerprint density at radius 1 is 1.11 bits per heavy atom. The lowest BCUT2D eigenvalue weighted by Crippen LogP contribution is -2.41. The molecule has 2 aliphatic heterocycles. The zero-order valence-corrected chi connectivity index (χ0v) is 25.2. The van der Waals surface area contributed by atoms with Gasteiger partial charge in [-0.15, -0.1) is 0 Å². The molecule has 1 spiro atoms. The predicted molar refractivity (Wildman–Crippen MR) is 162 cm³/mol. The number of methoxy groups -OCH3 is 1. The maximum Gasteiger partial charge on any atom is 0.429 e. The number of halogens is 3. The number of nitrogens with zero attached hydrogens (tertiary/aromatic N) is 6. The summed E-state index contributed by atoms with van der Waals surface area (Å²) in [6, 6.07) is 10.4. The number of hydrogen-bond donors (Lipinski definition) is 3. The molecule has 0 amide bonds. The minimum atomic E-state index is -4.84. The number of nitrogens with one attached hydrogen (secondary N) is 1. The van der Waals surface area contributed by atoms with Crippen LogP contribution in [-0.4, -0.2) is 74.8 Å². The molecule has 1 aromatic carbocycles. The third-order valence-electron chi connectivity index (χ3n) is 8.61. The quantitative estimate of drug-likeness (QED) is 0.253. The maximum atomic E-state index is 14.8. The van der Waals surface area contributed by atoms with Crippen molar-refractivity contribution in [2.45, 2.75) is 44.5 Å². The van der Waals surface area contributed by atoms with Gasteiger partial charge in [0.2, 0.25) is 23.8 Å². The molecular formula is C31H33F3N8O4. The van der Waals surface area contributed by atoms with Gasteiger partial charge in [-0.1, -0.05) is 12.1 Å². The van der Waals surface area contributed by atoms with Gasteiger partial charge in [0, 0.05) is 49.7 Å². The van der Waals surface area contributed by atoms with Crippen LogP contribution in [0.15, 0.2) is 54.9 Å². The molecule has 2 saturated heterocycles. The Bertz CT molecular complexity index is 1740. The van der Waals surface area contributed by atoms with Crippen LogP contribution in [-0.2, 0) is 4.79 Å². The van der Waals surface area contributed by atoms with Gasteiger partial charge in [0.25, 0.3) is 0 Å². The van der Waals surface area contributed by atoms with Gasteiger partial charge in [-0.2, -0.15) is 28.2 Å². The number of pyridine rings is 1. The number of anilines is 2. The number of aromatic nitrogens is 5. The van der Waals surface area contributed by atoms with E-state index in [0.29, 0.717) is 67.4 Å². The number of aryl methyl sites for hydroxylation is 1. The van der Waals surface area contributed by atoms with Gasteiger partial charge < -0.3 is 30.5 Å². The number of carbonyl (C=O) groups is 1. The van der Waals surface area contributed by atoms with E-state index in [1.807, 2.05) is 4.90 Å². The lowest BCUT2D eigenvalue weighted by atomic mass is 9.76. The van der Waals surface area contributed by atoms with Crippen LogP contribution in [0.5, 0.6) is 11.8 Å². The number of hydrogen-bond acceptors (Lipinski definition) is 10. The zero-order valence-electron chi connectivity index (χ0n) is 25.2. The summed E-state index contributed by atoms with van der Waals surface area (Å²) in [6.07, 6.45) is -2.22. The van der Waals surface area contributed by atoms with E-state index < -0.39 is 24.3 Å². The number of piperidine rings is 1. The Kier molecular flexibility index (Phi) is 8.19. The van der Waals surface area contributed by atoms with E-state index in [1.165, 1.54) is 23.9 Å². The third-order valence-corrected chi connectivity index (χ3v) is 8.61. The second-order valence-corrected chi connectivity index (χ2v) is 11.7. The van der Waals surface area contributed by atoms with Gasteiger partial charge in [-0.05, 0) is 60.9 Å². The van der Waals surface area contributed by atoms with E-state index in [-0.39, 0.29) is 28.5 Å². The van der Waals surface area contributed by atoms with Crippen molar-refractivity contribution < 1.29 is 32.5 Å². The first kappa shape index (κ1) is 31.1. The molecule has 2 aliphatic rings. The molecule has 4 N–H and O–H groups in total. The number of rotatable bonds is 8. The second kappa shape index (κ2) is 12.1. The third kappa shape index (κ3) is 6.40.